The second kappa shape index (κ2) is 6.04. The third-order valence-electron chi connectivity index (χ3n) is 4.79. The molecule has 1 aliphatic heterocycles. The molecule has 1 aliphatic carbocycles. The van der Waals surface area contributed by atoms with E-state index in [0.717, 1.165) is 0 Å². The van der Waals surface area contributed by atoms with Gasteiger partial charge in [0.1, 0.15) is 6.04 Å². The van der Waals surface area contributed by atoms with E-state index >= 15 is 0 Å². The van der Waals surface area contributed by atoms with Gasteiger partial charge in [-0.2, -0.15) is 13.2 Å². The second-order valence-electron chi connectivity index (χ2n) is 6.89. The highest BCUT2D eigenvalue weighted by Gasteiger charge is 2.69. The number of hydrogen-bond acceptors (Lipinski definition) is 3. The molecule has 1 heterocycles. The Kier molecular flexibility index (Phi) is 4.83. The van der Waals surface area contributed by atoms with Gasteiger partial charge in [0.2, 0.25) is 5.91 Å². The number of hydrogen-bond donors (Lipinski definition) is 2. The van der Waals surface area contributed by atoms with Crippen molar-refractivity contribution in [3.63, 3.8) is 0 Å². The van der Waals surface area contributed by atoms with Gasteiger partial charge in [0.15, 0.2) is 0 Å². The summed E-state index contributed by atoms with van der Waals surface area (Å²) in [6, 6.07) is -1.48. The fourth-order valence-electron chi connectivity index (χ4n) is 3.40. The fraction of sp³-hybridized carbons (Fsp3) is 0.929. The van der Waals surface area contributed by atoms with Crippen LogP contribution in [0.25, 0.3) is 0 Å². The SMILES string of the molecule is CB(O)C1CCCN1C(=O)C(NC(C)C)C1(C(F)(F)F)CC1. The van der Waals surface area contributed by atoms with Gasteiger partial charge in [-0.3, -0.25) is 4.79 Å². The van der Waals surface area contributed by atoms with E-state index in [1.54, 1.807) is 20.7 Å². The topological polar surface area (TPSA) is 52.6 Å². The summed E-state index contributed by atoms with van der Waals surface area (Å²) < 4.78 is 40.3. The number of carbonyl (C=O) groups excluding carboxylic acids is 1. The van der Waals surface area contributed by atoms with Crippen LogP contribution in [0.5, 0.6) is 0 Å². The van der Waals surface area contributed by atoms with Gasteiger partial charge in [-0.25, -0.2) is 0 Å². The van der Waals surface area contributed by atoms with Gasteiger partial charge in [0, 0.05) is 18.5 Å². The maximum atomic E-state index is 13.4. The van der Waals surface area contributed by atoms with Gasteiger partial charge in [-0.05, 0) is 25.7 Å². The van der Waals surface area contributed by atoms with E-state index in [4.69, 9.17) is 0 Å². The maximum absolute atomic E-state index is 13.4. The first-order chi connectivity index (χ1) is 10.1. The quantitative estimate of drug-likeness (QED) is 0.760. The number of alkyl halides is 3. The van der Waals surface area contributed by atoms with Crippen LogP contribution in [0.4, 0.5) is 13.2 Å². The van der Waals surface area contributed by atoms with E-state index in [1.807, 2.05) is 0 Å². The van der Waals surface area contributed by atoms with E-state index in [1.165, 1.54) is 4.90 Å². The summed E-state index contributed by atoms with van der Waals surface area (Å²) in [6.07, 6.45) is -3.07. The van der Waals surface area contributed by atoms with Crippen LogP contribution in [-0.2, 0) is 4.79 Å². The van der Waals surface area contributed by atoms with E-state index in [9.17, 15) is 23.0 Å². The Balaban J connectivity index is 2.25. The van der Waals surface area contributed by atoms with Crippen LogP contribution in [0.1, 0.15) is 39.5 Å². The average Bonchev–Trinajstić information content (AvgIpc) is 3.05. The van der Waals surface area contributed by atoms with Gasteiger partial charge in [-0.15, -0.1) is 0 Å². The third kappa shape index (κ3) is 3.13. The van der Waals surface area contributed by atoms with Gasteiger partial charge in [0.05, 0.1) is 5.41 Å². The van der Waals surface area contributed by atoms with Crippen LogP contribution in [0.15, 0.2) is 0 Å². The van der Waals surface area contributed by atoms with Crippen molar-refractivity contribution in [2.45, 2.75) is 70.6 Å². The molecule has 0 bridgehead atoms. The van der Waals surface area contributed by atoms with Gasteiger partial charge < -0.3 is 15.2 Å². The average molecular weight is 320 g/mol. The summed E-state index contributed by atoms with van der Waals surface area (Å²) >= 11 is 0. The molecule has 1 saturated heterocycles. The van der Waals surface area contributed by atoms with Gasteiger partial charge in [-0.1, -0.05) is 20.7 Å². The molecule has 0 radical (unpaired) electrons. The number of likely N-dealkylation sites (tertiary alicyclic amines) is 1. The van der Waals surface area contributed by atoms with Crippen LogP contribution in [0, 0.1) is 5.41 Å². The van der Waals surface area contributed by atoms with Crippen molar-refractivity contribution in [2.24, 2.45) is 5.41 Å². The normalized spacial score (nSPS) is 25.5. The Hall–Kier alpha value is -0.755. The summed E-state index contributed by atoms with van der Waals surface area (Å²) in [5, 5.41) is 12.6. The molecule has 0 aromatic heterocycles. The van der Waals surface area contributed by atoms with Crippen molar-refractivity contribution in [3.8, 4) is 0 Å². The van der Waals surface area contributed by atoms with Crippen LogP contribution < -0.4 is 5.32 Å². The van der Waals surface area contributed by atoms with Crippen molar-refractivity contribution in [3.05, 3.63) is 0 Å². The Bertz CT molecular complexity index is 425. The smallest absolute Gasteiger partial charge is 0.396 e. The number of halogens is 3. The minimum atomic E-state index is -4.39. The number of rotatable bonds is 5. The molecule has 0 spiro atoms. The first-order valence-corrected chi connectivity index (χ1v) is 7.91. The standard InChI is InChI=1S/C14H24BF3N2O2/c1-9(2)19-11(13(6-7-13)14(16,17)18)12(21)20-8-4-5-10(20)15(3)22/h9-11,19,22H,4-8H2,1-3H3. The van der Waals surface area contributed by atoms with Crippen molar-refractivity contribution in [2.75, 3.05) is 6.54 Å². The van der Waals surface area contributed by atoms with Crippen molar-refractivity contribution in [1.82, 2.24) is 10.2 Å². The molecule has 0 aromatic rings. The summed E-state index contributed by atoms with van der Waals surface area (Å²) in [5.74, 6) is -0.903. The summed E-state index contributed by atoms with van der Waals surface area (Å²) in [7, 11) is 0. The second-order valence-corrected chi connectivity index (χ2v) is 6.89. The van der Waals surface area contributed by atoms with Crippen LogP contribution >= 0.6 is 0 Å². The molecule has 2 atom stereocenters. The van der Waals surface area contributed by atoms with E-state index in [0.29, 0.717) is 19.4 Å². The minimum Gasteiger partial charge on any atom is -0.449 e. The molecule has 4 nitrogen and oxygen atoms in total. The summed E-state index contributed by atoms with van der Waals surface area (Å²) in [5.41, 5.74) is -1.94. The molecule has 22 heavy (non-hydrogen) atoms. The molecular weight excluding hydrogens is 296 g/mol. The lowest BCUT2D eigenvalue weighted by atomic mass is 9.62. The maximum Gasteiger partial charge on any atom is 0.396 e. The summed E-state index contributed by atoms with van der Waals surface area (Å²) in [6.45, 7) is 4.74. The van der Waals surface area contributed by atoms with E-state index < -0.39 is 30.5 Å². The van der Waals surface area contributed by atoms with E-state index in [-0.39, 0.29) is 24.8 Å². The Morgan fingerprint density at radius 3 is 2.41 bits per heavy atom. The Morgan fingerprint density at radius 2 is 2.00 bits per heavy atom. The molecule has 1 amide bonds. The molecule has 2 unspecified atom stereocenters. The highest BCUT2D eigenvalue weighted by atomic mass is 19.4. The Labute approximate surface area is 129 Å². The lowest BCUT2D eigenvalue weighted by Gasteiger charge is -2.35. The monoisotopic (exact) mass is 320 g/mol. The highest BCUT2D eigenvalue weighted by molar-refractivity contribution is 6.51. The number of nitrogens with zero attached hydrogens (tertiary/aromatic N) is 1. The van der Waals surface area contributed by atoms with Crippen LogP contribution in [0.3, 0.4) is 0 Å². The molecule has 8 heteroatoms. The molecule has 2 aliphatic rings. The van der Waals surface area contributed by atoms with Crippen molar-refractivity contribution in [1.29, 1.82) is 0 Å². The highest BCUT2D eigenvalue weighted by Crippen LogP contribution is 2.60. The molecule has 2 rings (SSSR count). The first kappa shape index (κ1) is 17.6. The zero-order chi connectivity index (χ0) is 16.7. The van der Waals surface area contributed by atoms with Crippen molar-refractivity contribution >= 4 is 12.8 Å². The number of nitrogens with one attached hydrogen (secondary N) is 1. The first-order valence-electron chi connectivity index (χ1n) is 7.91. The Morgan fingerprint density at radius 1 is 1.41 bits per heavy atom. The zero-order valence-corrected chi connectivity index (χ0v) is 13.3. The molecule has 126 valence electrons. The third-order valence-corrected chi connectivity index (χ3v) is 4.79. The predicted octanol–water partition coefficient (Wildman–Crippen LogP) is 1.84. The zero-order valence-electron chi connectivity index (χ0n) is 13.3. The largest absolute Gasteiger partial charge is 0.449 e. The lowest BCUT2D eigenvalue weighted by Crippen LogP contribution is -2.59. The van der Waals surface area contributed by atoms with E-state index in [2.05, 4.69) is 5.32 Å². The van der Waals surface area contributed by atoms with Crippen LogP contribution in [0.2, 0.25) is 6.82 Å². The molecule has 0 aromatic carbocycles. The fourth-order valence-corrected chi connectivity index (χ4v) is 3.40. The number of amides is 1. The predicted molar refractivity (Wildman–Crippen MR) is 78.4 cm³/mol. The molecular formula is C14H24BF3N2O2. The van der Waals surface area contributed by atoms with Crippen LogP contribution in [-0.4, -0.2) is 53.5 Å². The summed E-state index contributed by atoms with van der Waals surface area (Å²) in [4.78, 5) is 14.2. The van der Waals surface area contributed by atoms with Gasteiger partial charge in [0.25, 0.3) is 0 Å². The molecule has 2 N–H and O–H groups in total. The number of carbonyl (C=O) groups is 1. The van der Waals surface area contributed by atoms with Gasteiger partial charge >= 0.3 is 13.1 Å². The molecule has 1 saturated carbocycles. The molecule has 2 fully saturated rings. The lowest BCUT2D eigenvalue weighted by molar-refractivity contribution is -0.200. The minimum absolute atomic E-state index is 0.0141. The van der Waals surface area contributed by atoms with Crippen molar-refractivity contribution < 1.29 is 23.0 Å².